The number of hydrogen-bond acceptors (Lipinski definition) is 8. The summed E-state index contributed by atoms with van der Waals surface area (Å²) in [7, 11) is 4.12. The van der Waals surface area contributed by atoms with Gasteiger partial charge in [0.25, 0.3) is 0 Å². The number of likely N-dealkylation sites (N-methyl/N-ethyl adjacent to an activating group) is 2. The van der Waals surface area contributed by atoms with Gasteiger partial charge in [0.15, 0.2) is 0 Å². The number of aromatic amines is 2. The van der Waals surface area contributed by atoms with Crippen LogP contribution in [-0.4, -0.2) is 153 Å². The maximum Gasteiger partial charge on any atom is 0.318 e. The standard InChI is InChI=1S/C56H70N12O4/c1-63-29-33-65(34-30-63)53(71)61-47(40-11-5-3-6-12-40)51(69)67-27-9-15-44(67)49-57-37-43(59-49)39-17-19-42(20-18-39)55-21-24-56(25-22-55,26-23-55)46-38-58-50(60-46)45-16-10-28-68(45)52(70)48(41-13-7-4-8-14-41)62-54(72)66-35-31-64(2)32-36-66/h3-8,11-14,17-20,37-38,44-45,47-48H,9-10,15-16,21-36H2,1-2H3,(H,57,59)(H,58,60)(H,61,71)(H,62,72). The molecule has 5 aromatic rings. The van der Waals surface area contributed by atoms with Gasteiger partial charge in [-0.05, 0) is 106 Å². The van der Waals surface area contributed by atoms with Gasteiger partial charge in [-0.3, -0.25) is 9.59 Å². The summed E-state index contributed by atoms with van der Waals surface area (Å²) in [6, 6.07) is 25.9. The fourth-order valence-corrected chi connectivity index (χ4v) is 12.7. The van der Waals surface area contributed by atoms with Crippen LogP contribution in [-0.2, 0) is 20.4 Å². The summed E-state index contributed by atoms with van der Waals surface area (Å²) in [4.78, 5) is 85.2. The topological polar surface area (TPSA) is 169 Å². The molecule has 16 nitrogen and oxygen atoms in total. The van der Waals surface area contributed by atoms with Gasteiger partial charge >= 0.3 is 12.1 Å². The Labute approximate surface area is 422 Å². The number of fused-ring (bicyclic) bond motifs is 3. The number of nitrogens with one attached hydrogen (secondary N) is 4. The Balaban J connectivity index is 0.732. The number of carbonyl (C=O) groups excluding carboxylic acids is 4. The van der Waals surface area contributed by atoms with E-state index in [9.17, 15) is 19.2 Å². The Morgan fingerprint density at radius 2 is 0.986 bits per heavy atom. The largest absolute Gasteiger partial charge is 0.344 e. The van der Waals surface area contributed by atoms with Crippen LogP contribution in [0.25, 0.3) is 11.3 Å². The molecule has 7 fully saturated rings. The number of benzene rings is 3. The zero-order valence-corrected chi connectivity index (χ0v) is 41.9. The van der Waals surface area contributed by atoms with Gasteiger partial charge in [0.1, 0.15) is 23.7 Å². The second-order valence-corrected chi connectivity index (χ2v) is 21.5. The van der Waals surface area contributed by atoms with Crippen molar-refractivity contribution in [1.82, 2.24) is 60.0 Å². The van der Waals surface area contributed by atoms with Gasteiger partial charge in [-0.2, -0.15) is 0 Å². The number of likely N-dealkylation sites (tertiary alicyclic amines) is 2. The van der Waals surface area contributed by atoms with Gasteiger partial charge in [-0.25, -0.2) is 19.6 Å². The number of urea groups is 2. The van der Waals surface area contributed by atoms with Crippen LogP contribution in [0.15, 0.2) is 97.3 Å². The number of rotatable bonds is 11. The first kappa shape index (κ1) is 47.8. The summed E-state index contributed by atoms with van der Waals surface area (Å²) >= 11 is 0. The Hall–Kier alpha value is -6.52. The molecule has 7 aliphatic rings. The fraction of sp³-hybridized carbons (Fsp3) is 0.500. The molecule has 4 unspecified atom stereocenters. The van der Waals surface area contributed by atoms with E-state index in [0.717, 1.165) is 124 Å². The summed E-state index contributed by atoms with van der Waals surface area (Å²) < 4.78 is 0. The fourth-order valence-electron chi connectivity index (χ4n) is 12.7. The lowest BCUT2D eigenvalue weighted by molar-refractivity contribution is -0.135. The number of imidazole rings is 2. The van der Waals surface area contributed by atoms with Crippen molar-refractivity contribution in [2.45, 2.75) is 99.2 Å². The molecule has 4 aliphatic heterocycles. The van der Waals surface area contributed by atoms with Crippen LogP contribution < -0.4 is 10.6 Å². The molecule has 0 radical (unpaired) electrons. The lowest BCUT2D eigenvalue weighted by Gasteiger charge is -2.53. The van der Waals surface area contributed by atoms with Gasteiger partial charge in [0.05, 0.1) is 24.0 Å². The monoisotopic (exact) mass is 975 g/mol. The summed E-state index contributed by atoms with van der Waals surface area (Å²) in [6.07, 6.45) is 13.8. The first-order valence-electron chi connectivity index (χ1n) is 26.5. The van der Waals surface area contributed by atoms with E-state index in [2.05, 4.69) is 68.8 Å². The van der Waals surface area contributed by atoms with Gasteiger partial charge in [-0.1, -0.05) is 84.9 Å². The average molecular weight is 975 g/mol. The Morgan fingerprint density at radius 1 is 0.542 bits per heavy atom. The highest BCUT2D eigenvalue weighted by atomic mass is 16.2. The van der Waals surface area contributed by atoms with Crippen molar-refractivity contribution >= 4 is 23.9 Å². The van der Waals surface area contributed by atoms with Gasteiger partial charge < -0.3 is 50.0 Å². The lowest BCUT2D eigenvalue weighted by atomic mass is 9.51. The van der Waals surface area contributed by atoms with Crippen LogP contribution in [0.4, 0.5) is 9.59 Å². The molecule has 6 heterocycles. The van der Waals surface area contributed by atoms with E-state index in [4.69, 9.17) is 9.97 Å². The second-order valence-electron chi connectivity index (χ2n) is 21.5. The summed E-state index contributed by atoms with van der Waals surface area (Å²) in [5.41, 5.74) is 6.26. The molecular formula is C56H70N12O4. The van der Waals surface area contributed by atoms with Crippen LogP contribution in [0.2, 0.25) is 0 Å². The zero-order chi connectivity index (χ0) is 49.4. The minimum atomic E-state index is -0.796. The highest BCUT2D eigenvalue weighted by molar-refractivity contribution is 5.89. The van der Waals surface area contributed by atoms with E-state index in [1.807, 2.05) is 87.8 Å². The number of nitrogens with zero attached hydrogens (tertiary/aromatic N) is 8. The minimum Gasteiger partial charge on any atom is -0.344 e. The maximum absolute atomic E-state index is 14.5. The Bertz CT molecular complexity index is 2680. The number of H-pyrrole nitrogens is 2. The first-order valence-corrected chi connectivity index (χ1v) is 26.5. The second kappa shape index (κ2) is 20.2. The predicted octanol–water partition coefficient (Wildman–Crippen LogP) is 7.07. The van der Waals surface area contributed by atoms with Crippen molar-refractivity contribution in [1.29, 1.82) is 0 Å². The predicted molar refractivity (Wildman–Crippen MR) is 275 cm³/mol. The molecule has 6 amide bonds. The Morgan fingerprint density at radius 3 is 1.47 bits per heavy atom. The smallest absolute Gasteiger partial charge is 0.318 e. The molecule has 0 spiro atoms. The maximum atomic E-state index is 14.5. The lowest BCUT2D eigenvalue weighted by Crippen LogP contribution is -2.53. The van der Waals surface area contributed by atoms with Crippen molar-refractivity contribution in [3.05, 3.63) is 131 Å². The van der Waals surface area contributed by atoms with Crippen LogP contribution in [0.1, 0.15) is 122 Å². The molecule has 3 saturated carbocycles. The average Bonchev–Trinajstić information content (AvgIpc) is 4.29. The van der Waals surface area contributed by atoms with E-state index in [1.54, 1.807) is 4.90 Å². The van der Waals surface area contributed by atoms with E-state index < -0.39 is 12.1 Å². The molecule has 2 bridgehead atoms. The normalized spacial score (nSPS) is 25.6. The van der Waals surface area contributed by atoms with Gasteiger partial charge in [0, 0.05) is 82.8 Å². The summed E-state index contributed by atoms with van der Waals surface area (Å²) in [5.74, 6) is 1.40. The number of aromatic nitrogens is 4. The van der Waals surface area contributed by atoms with Crippen molar-refractivity contribution in [3.8, 4) is 11.3 Å². The summed E-state index contributed by atoms with van der Waals surface area (Å²) in [6.45, 7) is 6.96. The van der Waals surface area contributed by atoms with Crippen LogP contribution in [0, 0.1) is 0 Å². The third-order valence-electron chi connectivity index (χ3n) is 17.4. The van der Waals surface area contributed by atoms with Gasteiger partial charge in [0.2, 0.25) is 11.8 Å². The SMILES string of the molecule is CN1CCN(C(=O)NC(C(=O)N2CCCC2c2ncc(-c3ccc(C45CCC(c6cnc(C7CCCN7C(=O)C(NC(=O)N7CCN(C)CC7)c7ccccc7)[nH]6)(CC4)CC5)cc3)[nH]2)c2ccccc2)CC1. The number of piperazine rings is 2. The first-order chi connectivity index (χ1) is 35.1. The molecule has 4 saturated heterocycles. The highest BCUT2D eigenvalue weighted by Gasteiger charge is 2.51. The van der Waals surface area contributed by atoms with E-state index >= 15 is 0 Å². The quantitative estimate of drug-likeness (QED) is 0.109. The molecule has 378 valence electrons. The molecule has 72 heavy (non-hydrogen) atoms. The molecule has 3 aromatic carbocycles. The van der Waals surface area contributed by atoms with Gasteiger partial charge in [-0.15, -0.1) is 0 Å². The molecule has 3 aliphatic carbocycles. The molecular weight excluding hydrogens is 905 g/mol. The minimum absolute atomic E-state index is 0.0303. The van der Waals surface area contributed by atoms with Crippen LogP contribution in [0.5, 0.6) is 0 Å². The van der Waals surface area contributed by atoms with E-state index in [-0.39, 0.29) is 46.8 Å². The zero-order valence-electron chi connectivity index (χ0n) is 41.9. The van der Waals surface area contributed by atoms with Crippen molar-refractivity contribution in [3.63, 3.8) is 0 Å². The summed E-state index contributed by atoms with van der Waals surface area (Å²) in [5, 5.41) is 6.23. The number of carbonyl (C=O) groups is 4. The molecule has 2 aromatic heterocycles. The van der Waals surface area contributed by atoms with Crippen LogP contribution in [0.3, 0.4) is 0 Å². The van der Waals surface area contributed by atoms with E-state index in [0.29, 0.717) is 39.3 Å². The molecule has 16 heteroatoms. The van der Waals surface area contributed by atoms with Crippen molar-refractivity contribution < 1.29 is 19.2 Å². The molecule has 4 N–H and O–H groups in total. The highest BCUT2D eigenvalue weighted by Crippen LogP contribution is 2.58. The number of hydrogen-bond donors (Lipinski definition) is 4. The third-order valence-corrected chi connectivity index (χ3v) is 17.4. The Kier molecular flexibility index (Phi) is 13.4. The van der Waals surface area contributed by atoms with Crippen molar-refractivity contribution in [2.75, 3.05) is 79.5 Å². The van der Waals surface area contributed by atoms with Crippen LogP contribution >= 0.6 is 0 Å². The third kappa shape index (κ3) is 9.39. The molecule has 12 rings (SSSR count). The molecule has 4 atom stereocenters. The number of amides is 6. The van der Waals surface area contributed by atoms with E-state index in [1.165, 1.54) is 11.3 Å². The van der Waals surface area contributed by atoms with Crippen molar-refractivity contribution in [2.24, 2.45) is 0 Å².